The van der Waals surface area contributed by atoms with Gasteiger partial charge in [0.15, 0.2) is 0 Å². The van der Waals surface area contributed by atoms with Crippen LogP contribution in [0.4, 0.5) is 0 Å². The summed E-state index contributed by atoms with van der Waals surface area (Å²) in [6.07, 6.45) is 0.332. The minimum atomic E-state index is 0. The third-order valence-electron chi connectivity index (χ3n) is 1.59. The second-order valence-electron chi connectivity index (χ2n) is 2.73. The van der Waals surface area contributed by atoms with E-state index >= 15 is 0 Å². The molecule has 1 heterocycles. The molecule has 4 radical (unpaired) electrons. The Hall–Kier alpha value is 1.62. The van der Waals surface area contributed by atoms with Gasteiger partial charge in [-0.25, -0.2) is 0 Å². The summed E-state index contributed by atoms with van der Waals surface area (Å²) in [6, 6.07) is 0. The van der Waals surface area contributed by atoms with E-state index in [-0.39, 0.29) is 59.8 Å². The third kappa shape index (κ3) is 5.80. The molecule has 0 aliphatic carbocycles. The molecule has 0 aromatic rings. The molecule has 0 spiro atoms. The Bertz CT molecular complexity index is 84.5. The van der Waals surface area contributed by atoms with Crippen molar-refractivity contribution >= 4 is 8.41 Å². The first-order chi connectivity index (χ1) is 4.30. The fourth-order valence-corrected chi connectivity index (χ4v) is 0.891. The molecule has 1 rings (SSSR count). The molecule has 0 amide bonds. The quantitative estimate of drug-likeness (QED) is 0.422. The molecule has 0 saturated carbocycles. The van der Waals surface area contributed by atoms with Crippen molar-refractivity contribution < 1.29 is 60.9 Å². The summed E-state index contributed by atoms with van der Waals surface area (Å²) in [5, 5.41) is 0. The Morgan fingerprint density at radius 2 is 1.91 bits per heavy atom. The van der Waals surface area contributed by atoms with E-state index in [4.69, 9.17) is 9.47 Å². The van der Waals surface area contributed by atoms with Gasteiger partial charge in [-0.1, -0.05) is 13.8 Å². The molecule has 0 N–H and O–H groups in total. The van der Waals surface area contributed by atoms with Crippen LogP contribution < -0.4 is 51.4 Å². The summed E-state index contributed by atoms with van der Waals surface area (Å²) >= 11 is 0. The topological polar surface area (TPSA) is 18.5 Å². The minimum Gasteiger partial charge on any atom is -1.00 e. The molecular formula is C7H14BKO2. The molecule has 0 bridgehead atoms. The zero-order valence-corrected chi connectivity index (χ0v) is 10.8. The monoisotopic (exact) mass is 180 g/mol. The minimum absolute atomic E-state index is 0. The van der Waals surface area contributed by atoms with Crippen molar-refractivity contribution in [3.8, 4) is 0 Å². The van der Waals surface area contributed by atoms with Gasteiger partial charge < -0.3 is 17.9 Å². The molecule has 0 aromatic carbocycles. The van der Waals surface area contributed by atoms with E-state index in [2.05, 4.69) is 13.8 Å². The van der Waals surface area contributed by atoms with Gasteiger partial charge in [0.25, 0.3) is 0 Å². The van der Waals surface area contributed by atoms with Crippen molar-refractivity contribution in [3.63, 3.8) is 0 Å². The van der Waals surface area contributed by atoms with Crippen LogP contribution in [0, 0.1) is 5.92 Å². The largest absolute Gasteiger partial charge is 1.00 e. The molecule has 0 aromatic heterocycles. The van der Waals surface area contributed by atoms with E-state index in [1.165, 1.54) is 0 Å². The van der Waals surface area contributed by atoms with Gasteiger partial charge in [0.1, 0.15) is 0 Å². The molecule has 11 heavy (non-hydrogen) atoms. The molecule has 1 saturated heterocycles. The maximum absolute atomic E-state index is 5.41. The number of hydrogen-bond donors (Lipinski definition) is 0. The Morgan fingerprint density at radius 3 is 2.18 bits per heavy atom. The van der Waals surface area contributed by atoms with Crippen molar-refractivity contribution in [2.45, 2.75) is 20.0 Å². The number of hydrogen-bond acceptors (Lipinski definition) is 2. The van der Waals surface area contributed by atoms with Gasteiger partial charge in [0.05, 0.1) is 25.9 Å². The van der Waals surface area contributed by atoms with Crippen molar-refractivity contribution in [1.29, 1.82) is 0 Å². The van der Waals surface area contributed by atoms with E-state index in [1.54, 1.807) is 0 Å². The van der Waals surface area contributed by atoms with Crippen LogP contribution in [0.2, 0.25) is 0 Å². The fraction of sp³-hybridized carbons (Fsp3) is 1.00. The zero-order valence-electron chi connectivity index (χ0n) is 7.67. The second kappa shape index (κ2) is 8.23. The van der Waals surface area contributed by atoms with Crippen molar-refractivity contribution in [1.82, 2.24) is 0 Å². The van der Waals surface area contributed by atoms with Gasteiger partial charge in [0.2, 0.25) is 0 Å². The van der Waals surface area contributed by atoms with E-state index in [0.717, 1.165) is 19.8 Å². The Morgan fingerprint density at radius 1 is 1.27 bits per heavy atom. The molecule has 1 fully saturated rings. The van der Waals surface area contributed by atoms with Gasteiger partial charge in [-0.05, 0) is 5.92 Å². The first-order valence-electron chi connectivity index (χ1n) is 3.50. The Labute approximate surface area is 113 Å². The molecule has 58 valence electrons. The van der Waals surface area contributed by atoms with Gasteiger partial charge in [-0.3, -0.25) is 0 Å². The van der Waals surface area contributed by atoms with Gasteiger partial charge in [0, 0.05) is 0 Å². The normalized spacial score (nSPS) is 23.7. The summed E-state index contributed by atoms with van der Waals surface area (Å²) in [4.78, 5) is 0. The van der Waals surface area contributed by atoms with Gasteiger partial charge in [-0.15, -0.1) is 0 Å². The van der Waals surface area contributed by atoms with E-state index < -0.39 is 0 Å². The van der Waals surface area contributed by atoms with E-state index in [0.29, 0.717) is 12.0 Å². The standard InChI is InChI=1S/C7H14O2.B.K/c1-6(2)7-5-8-3-4-9-7;;/h6-7H,3-5H2,1-2H3;;/q;-1;+1. The van der Waals surface area contributed by atoms with Crippen LogP contribution in [-0.2, 0) is 9.47 Å². The summed E-state index contributed by atoms with van der Waals surface area (Å²) in [7, 11) is 0. The van der Waals surface area contributed by atoms with Crippen molar-refractivity contribution in [3.05, 3.63) is 0 Å². The molecule has 1 aliphatic rings. The molecule has 1 atom stereocenters. The van der Waals surface area contributed by atoms with Gasteiger partial charge >= 0.3 is 51.4 Å². The van der Waals surface area contributed by atoms with Crippen molar-refractivity contribution in [2.75, 3.05) is 19.8 Å². The SMILES string of the molecule is CC(C)C1COCCO1.[B-].[K+]. The van der Waals surface area contributed by atoms with E-state index in [1.807, 2.05) is 0 Å². The molecule has 4 heteroatoms. The van der Waals surface area contributed by atoms with Crippen LogP contribution in [-0.4, -0.2) is 34.3 Å². The number of rotatable bonds is 1. The maximum Gasteiger partial charge on any atom is 1.00 e. The molecule has 2 nitrogen and oxygen atoms in total. The summed E-state index contributed by atoms with van der Waals surface area (Å²) in [6.45, 7) is 6.61. The summed E-state index contributed by atoms with van der Waals surface area (Å²) in [5.41, 5.74) is 0. The zero-order chi connectivity index (χ0) is 6.69. The predicted octanol–water partition coefficient (Wildman–Crippen LogP) is -2.32. The van der Waals surface area contributed by atoms with E-state index in [9.17, 15) is 0 Å². The summed E-state index contributed by atoms with van der Waals surface area (Å²) < 4.78 is 10.6. The summed E-state index contributed by atoms with van der Waals surface area (Å²) in [5.74, 6) is 0.588. The van der Waals surface area contributed by atoms with Crippen molar-refractivity contribution in [2.24, 2.45) is 5.92 Å². The molecular weight excluding hydrogens is 166 g/mol. The maximum atomic E-state index is 5.41. The molecule has 1 unspecified atom stereocenters. The fourth-order valence-electron chi connectivity index (χ4n) is 0.891. The smallest absolute Gasteiger partial charge is 1.00 e. The number of ether oxygens (including phenoxy) is 2. The van der Waals surface area contributed by atoms with Crippen LogP contribution in [0.5, 0.6) is 0 Å². The van der Waals surface area contributed by atoms with Crippen LogP contribution in [0.3, 0.4) is 0 Å². The third-order valence-corrected chi connectivity index (χ3v) is 1.59. The van der Waals surface area contributed by atoms with Crippen LogP contribution >= 0.6 is 0 Å². The average Bonchev–Trinajstić information content (AvgIpc) is 1.90. The Balaban J connectivity index is 0. The first kappa shape index (κ1) is 15.1. The molecule has 1 aliphatic heterocycles. The second-order valence-corrected chi connectivity index (χ2v) is 2.73. The van der Waals surface area contributed by atoms with Gasteiger partial charge in [-0.2, -0.15) is 0 Å². The van der Waals surface area contributed by atoms with Crippen LogP contribution in [0.25, 0.3) is 0 Å². The first-order valence-corrected chi connectivity index (χ1v) is 3.50. The Kier molecular flexibility index (Phi) is 11.3. The van der Waals surface area contributed by atoms with Crippen LogP contribution in [0.1, 0.15) is 13.8 Å². The predicted molar refractivity (Wildman–Crippen MR) is 41.2 cm³/mol. The average molecular weight is 180 g/mol. The van der Waals surface area contributed by atoms with Crippen LogP contribution in [0.15, 0.2) is 0 Å².